The number of non-ortho nitro benzene ring substituents is 1. The van der Waals surface area contributed by atoms with Gasteiger partial charge < -0.3 is 5.11 Å². The van der Waals surface area contributed by atoms with Crippen LogP contribution in [-0.2, 0) is 6.54 Å². The highest BCUT2D eigenvalue weighted by atomic mass is 16.6. The number of hydrogen-bond donors (Lipinski definition) is 1. The Balaban J connectivity index is 2.03. The number of hydrogen-bond acceptors (Lipinski definition) is 4. The molecule has 0 atom stereocenters. The molecule has 1 N–H and O–H groups in total. The van der Waals surface area contributed by atoms with E-state index in [4.69, 9.17) is 0 Å². The van der Waals surface area contributed by atoms with Crippen LogP contribution in [-0.4, -0.2) is 16.2 Å². The van der Waals surface area contributed by atoms with Gasteiger partial charge in [0.1, 0.15) is 5.75 Å². The van der Waals surface area contributed by atoms with Crippen molar-refractivity contribution in [3.05, 3.63) is 69.8 Å². The summed E-state index contributed by atoms with van der Waals surface area (Å²) < 4.78 is 0. The lowest BCUT2D eigenvalue weighted by atomic mass is 10.2. The zero-order valence-corrected chi connectivity index (χ0v) is 10.1. The van der Waals surface area contributed by atoms with E-state index in [2.05, 4.69) is 4.99 Å². The van der Waals surface area contributed by atoms with Crippen molar-refractivity contribution in [3.63, 3.8) is 0 Å². The van der Waals surface area contributed by atoms with Crippen molar-refractivity contribution in [2.24, 2.45) is 4.99 Å². The molecule has 0 saturated carbocycles. The second-order valence-corrected chi connectivity index (χ2v) is 3.95. The quantitative estimate of drug-likeness (QED) is 0.519. The van der Waals surface area contributed by atoms with E-state index in [0.717, 1.165) is 5.56 Å². The maximum absolute atomic E-state index is 10.5. The van der Waals surface area contributed by atoms with Gasteiger partial charge in [0.15, 0.2) is 0 Å². The molecular formula is C14H12N2O3. The Labute approximate surface area is 110 Å². The Bertz CT molecular complexity index is 606. The Hall–Kier alpha value is -2.69. The van der Waals surface area contributed by atoms with Gasteiger partial charge in [0.2, 0.25) is 0 Å². The minimum absolute atomic E-state index is 0.0634. The standard InChI is InChI=1S/C14H12N2O3/c17-14-4-2-1-3-12(14)10-15-9-11-5-7-13(8-6-11)16(18)19/h1-8,10,17H,9H2. The highest BCUT2D eigenvalue weighted by Crippen LogP contribution is 2.14. The van der Waals surface area contributed by atoms with Gasteiger partial charge in [0.25, 0.3) is 5.69 Å². The Morgan fingerprint density at radius 2 is 1.84 bits per heavy atom. The summed E-state index contributed by atoms with van der Waals surface area (Å²) in [6.45, 7) is 0.409. The molecule has 96 valence electrons. The molecule has 0 aliphatic heterocycles. The molecule has 0 amide bonds. The minimum atomic E-state index is -0.435. The lowest BCUT2D eigenvalue weighted by Crippen LogP contribution is -1.89. The van der Waals surface area contributed by atoms with Gasteiger partial charge in [-0.2, -0.15) is 0 Å². The summed E-state index contributed by atoms with van der Waals surface area (Å²) in [6, 6.07) is 13.1. The van der Waals surface area contributed by atoms with Crippen LogP contribution in [0.5, 0.6) is 5.75 Å². The van der Waals surface area contributed by atoms with Gasteiger partial charge in [0.05, 0.1) is 11.5 Å². The van der Waals surface area contributed by atoms with Crippen LogP contribution in [0.3, 0.4) is 0 Å². The van der Waals surface area contributed by atoms with E-state index < -0.39 is 4.92 Å². The van der Waals surface area contributed by atoms with Crippen molar-refractivity contribution in [2.75, 3.05) is 0 Å². The van der Waals surface area contributed by atoms with Crippen molar-refractivity contribution in [1.82, 2.24) is 0 Å². The molecule has 2 aromatic carbocycles. The molecule has 0 aliphatic rings. The van der Waals surface area contributed by atoms with Crippen molar-refractivity contribution >= 4 is 11.9 Å². The molecule has 0 spiro atoms. The summed E-state index contributed by atoms with van der Waals surface area (Å²) in [5.74, 6) is 0.176. The van der Waals surface area contributed by atoms with Crippen LogP contribution in [0.1, 0.15) is 11.1 Å². The first-order valence-corrected chi connectivity index (χ1v) is 5.68. The van der Waals surface area contributed by atoms with E-state index in [1.165, 1.54) is 12.1 Å². The molecule has 0 saturated heterocycles. The molecular weight excluding hydrogens is 244 g/mol. The maximum atomic E-state index is 10.5. The van der Waals surface area contributed by atoms with E-state index in [0.29, 0.717) is 12.1 Å². The van der Waals surface area contributed by atoms with Gasteiger partial charge in [-0.15, -0.1) is 0 Å². The topological polar surface area (TPSA) is 75.7 Å². The molecule has 2 rings (SSSR count). The Morgan fingerprint density at radius 1 is 1.16 bits per heavy atom. The zero-order valence-electron chi connectivity index (χ0n) is 10.1. The largest absolute Gasteiger partial charge is 0.507 e. The van der Waals surface area contributed by atoms with Gasteiger partial charge in [-0.25, -0.2) is 0 Å². The molecule has 5 heteroatoms. The lowest BCUT2D eigenvalue weighted by Gasteiger charge is -1.98. The summed E-state index contributed by atoms with van der Waals surface area (Å²) in [6.07, 6.45) is 1.58. The van der Waals surface area contributed by atoms with Gasteiger partial charge in [0, 0.05) is 23.9 Å². The molecule has 0 aromatic heterocycles. The van der Waals surface area contributed by atoms with Crippen LogP contribution in [0.25, 0.3) is 0 Å². The molecule has 0 fully saturated rings. The first-order valence-electron chi connectivity index (χ1n) is 5.68. The lowest BCUT2D eigenvalue weighted by molar-refractivity contribution is -0.384. The predicted molar refractivity (Wildman–Crippen MR) is 72.5 cm³/mol. The monoisotopic (exact) mass is 256 g/mol. The summed E-state index contributed by atoms with van der Waals surface area (Å²) in [5.41, 5.74) is 1.58. The normalized spacial score (nSPS) is 10.7. The first-order chi connectivity index (χ1) is 9.16. The van der Waals surface area contributed by atoms with Crippen LogP contribution in [0.4, 0.5) is 5.69 Å². The highest BCUT2D eigenvalue weighted by Gasteiger charge is 2.03. The second-order valence-electron chi connectivity index (χ2n) is 3.95. The van der Waals surface area contributed by atoms with Crippen molar-refractivity contribution < 1.29 is 10.0 Å². The predicted octanol–water partition coefficient (Wildman–Crippen LogP) is 2.92. The van der Waals surface area contributed by atoms with Crippen LogP contribution in [0.15, 0.2) is 53.5 Å². The Morgan fingerprint density at radius 3 is 2.47 bits per heavy atom. The average molecular weight is 256 g/mol. The number of aliphatic imine (C=N–C) groups is 1. The SMILES string of the molecule is O=[N+]([O-])c1ccc(CN=Cc2ccccc2O)cc1. The van der Waals surface area contributed by atoms with E-state index >= 15 is 0 Å². The van der Waals surface area contributed by atoms with E-state index in [1.54, 1.807) is 36.5 Å². The third-order valence-corrected chi connectivity index (χ3v) is 2.59. The number of benzene rings is 2. The Kier molecular flexibility index (Phi) is 3.87. The van der Waals surface area contributed by atoms with E-state index in [-0.39, 0.29) is 11.4 Å². The molecule has 0 bridgehead atoms. The van der Waals surface area contributed by atoms with Gasteiger partial charge in [-0.05, 0) is 17.7 Å². The molecule has 0 radical (unpaired) electrons. The molecule has 2 aromatic rings. The second kappa shape index (κ2) is 5.77. The van der Waals surface area contributed by atoms with Crippen LogP contribution in [0, 0.1) is 10.1 Å². The fourth-order valence-corrected chi connectivity index (χ4v) is 1.57. The number of para-hydroxylation sites is 1. The number of aromatic hydroxyl groups is 1. The molecule has 0 heterocycles. The van der Waals surface area contributed by atoms with Crippen LogP contribution in [0.2, 0.25) is 0 Å². The summed E-state index contributed by atoms with van der Waals surface area (Å²) >= 11 is 0. The van der Waals surface area contributed by atoms with Gasteiger partial charge in [-0.3, -0.25) is 15.1 Å². The molecule has 19 heavy (non-hydrogen) atoms. The number of nitrogens with zero attached hydrogens (tertiary/aromatic N) is 2. The fraction of sp³-hybridized carbons (Fsp3) is 0.0714. The number of nitro groups is 1. The average Bonchev–Trinajstić information content (AvgIpc) is 2.41. The third kappa shape index (κ3) is 3.38. The van der Waals surface area contributed by atoms with Crippen molar-refractivity contribution in [3.8, 4) is 5.75 Å². The van der Waals surface area contributed by atoms with Gasteiger partial charge >= 0.3 is 0 Å². The zero-order chi connectivity index (χ0) is 13.7. The van der Waals surface area contributed by atoms with Crippen molar-refractivity contribution in [1.29, 1.82) is 0 Å². The maximum Gasteiger partial charge on any atom is 0.269 e. The van der Waals surface area contributed by atoms with E-state index in [1.807, 2.05) is 6.07 Å². The van der Waals surface area contributed by atoms with Gasteiger partial charge in [-0.1, -0.05) is 24.3 Å². The summed E-state index contributed by atoms with van der Waals surface area (Å²) in [7, 11) is 0. The fourth-order valence-electron chi connectivity index (χ4n) is 1.57. The number of phenolic OH excluding ortho intramolecular Hbond substituents is 1. The highest BCUT2D eigenvalue weighted by molar-refractivity contribution is 5.83. The van der Waals surface area contributed by atoms with Crippen LogP contribution >= 0.6 is 0 Å². The summed E-state index contributed by atoms with van der Waals surface area (Å²) in [4.78, 5) is 14.3. The third-order valence-electron chi connectivity index (χ3n) is 2.59. The molecule has 5 nitrogen and oxygen atoms in total. The number of phenols is 1. The van der Waals surface area contributed by atoms with Crippen molar-refractivity contribution in [2.45, 2.75) is 6.54 Å². The van der Waals surface area contributed by atoms with Crippen LogP contribution < -0.4 is 0 Å². The number of rotatable bonds is 4. The molecule has 0 aliphatic carbocycles. The first kappa shape index (κ1) is 12.8. The van der Waals surface area contributed by atoms with E-state index in [9.17, 15) is 15.2 Å². The molecule has 0 unspecified atom stereocenters. The smallest absolute Gasteiger partial charge is 0.269 e. The minimum Gasteiger partial charge on any atom is -0.507 e. The number of nitro benzene ring substituents is 1. The summed E-state index contributed by atoms with van der Waals surface area (Å²) in [5, 5.41) is 20.0.